The van der Waals surface area contributed by atoms with E-state index in [4.69, 9.17) is 10.5 Å². The number of carbonyl (C=O) groups is 3. The lowest BCUT2D eigenvalue weighted by atomic mass is 10.0. The van der Waals surface area contributed by atoms with Gasteiger partial charge >= 0.3 is 6.09 Å². The average molecular weight is 548 g/mol. The van der Waals surface area contributed by atoms with Crippen LogP contribution in [0, 0.1) is 0 Å². The highest BCUT2D eigenvalue weighted by atomic mass is 16.6. The molecule has 0 aliphatic heterocycles. The Hall–Kier alpha value is -4.67. The molecule has 3 aromatic rings. The van der Waals surface area contributed by atoms with E-state index >= 15 is 0 Å². The predicted octanol–water partition coefficient (Wildman–Crippen LogP) is 3.99. The normalized spacial score (nSPS) is 10.9. The monoisotopic (exact) mass is 547 g/mol. The van der Waals surface area contributed by atoms with Crippen LogP contribution in [0.3, 0.4) is 0 Å². The van der Waals surface area contributed by atoms with Crippen molar-refractivity contribution in [2.75, 3.05) is 30.3 Å². The zero-order chi connectivity index (χ0) is 29.1. The Morgan fingerprint density at radius 2 is 1.65 bits per heavy atom. The van der Waals surface area contributed by atoms with Gasteiger partial charge in [0.1, 0.15) is 11.4 Å². The smallest absolute Gasteiger partial charge is 0.408 e. The van der Waals surface area contributed by atoms with E-state index < -0.39 is 17.6 Å². The molecule has 2 aromatic carbocycles. The topological polar surface area (TPSA) is 160 Å². The second kappa shape index (κ2) is 13.9. The number of carbonyl (C=O) groups excluding carboxylic acids is 3. The molecule has 11 nitrogen and oxygen atoms in total. The largest absolute Gasteiger partial charge is 0.444 e. The van der Waals surface area contributed by atoms with E-state index in [-0.39, 0.29) is 12.5 Å². The van der Waals surface area contributed by atoms with Crippen LogP contribution in [0.15, 0.2) is 54.7 Å². The van der Waals surface area contributed by atoms with Crippen LogP contribution in [0.1, 0.15) is 50.0 Å². The molecule has 0 bridgehead atoms. The van der Waals surface area contributed by atoms with Gasteiger partial charge in [-0.05, 0) is 69.0 Å². The summed E-state index contributed by atoms with van der Waals surface area (Å²) in [5.74, 6) is 0.346. The maximum atomic E-state index is 12.0. The van der Waals surface area contributed by atoms with Gasteiger partial charge in [-0.2, -0.15) is 4.98 Å². The molecule has 40 heavy (non-hydrogen) atoms. The predicted molar refractivity (Wildman–Crippen MR) is 155 cm³/mol. The van der Waals surface area contributed by atoms with E-state index in [0.29, 0.717) is 30.3 Å². The summed E-state index contributed by atoms with van der Waals surface area (Å²) < 4.78 is 5.12. The van der Waals surface area contributed by atoms with Gasteiger partial charge in [-0.25, -0.2) is 9.78 Å². The highest BCUT2D eigenvalue weighted by Crippen LogP contribution is 2.28. The maximum absolute atomic E-state index is 12.0. The van der Waals surface area contributed by atoms with Gasteiger partial charge in [-0.15, -0.1) is 0 Å². The van der Waals surface area contributed by atoms with E-state index in [2.05, 4.69) is 38.2 Å². The van der Waals surface area contributed by atoms with Crippen LogP contribution in [0.4, 0.5) is 22.2 Å². The van der Waals surface area contributed by atoms with Crippen LogP contribution in [-0.4, -0.2) is 53.1 Å². The molecule has 1 aromatic heterocycles. The van der Waals surface area contributed by atoms with E-state index in [9.17, 15) is 14.4 Å². The molecule has 0 unspecified atom stereocenters. The van der Waals surface area contributed by atoms with Crippen molar-refractivity contribution in [1.29, 1.82) is 0 Å². The summed E-state index contributed by atoms with van der Waals surface area (Å²) >= 11 is 0. The van der Waals surface area contributed by atoms with Gasteiger partial charge in [0.2, 0.25) is 17.8 Å². The highest BCUT2D eigenvalue weighted by Gasteiger charge is 2.16. The molecule has 0 saturated carbocycles. The molecule has 6 N–H and O–H groups in total. The van der Waals surface area contributed by atoms with Crippen molar-refractivity contribution in [2.45, 2.75) is 46.1 Å². The molecule has 0 radical (unpaired) electrons. The number of nitrogens with two attached hydrogens (primary N) is 1. The summed E-state index contributed by atoms with van der Waals surface area (Å²) in [6.07, 6.45) is 2.70. The third kappa shape index (κ3) is 9.57. The number of nitrogens with one attached hydrogen (secondary N) is 4. The molecule has 3 amide bonds. The van der Waals surface area contributed by atoms with Crippen LogP contribution in [0.2, 0.25) is 0 Å². The molecule has 0 aliphatic rings. The van der Waals surface area contributed by atoms with Gasteiger partial charge in [-0.1, -0.05) is 31.2 Å². The maximum Gasteiger partial charge on any atom is 0.408 e. The molecule has 1 heterocycles. The van der Waals surface area contributed by atoms with Crippen LogP contribution >= 0.6 is 0 Å². The number of primary amides is 1. The summed E-state index contributed by atoms with van der Waals surface area (Å²) in [6, 6.07) is 14.8. The van der Waals surface area contributed by atoms with E-state index in [1.165, 1.54) is 0 Å². The molecular weight excluding hydrogens is 510 g/mol. The number of anilines is 3. The summed E-state index contributed by atoms with van der Waals surface area (Å²) in [6.45, 7) is 8.39. The lowest BCUT2D eigenvalue weighted by Gasteiger charge is -2.19. The molecule has 0 atom stereocenters. The Balaban J connectivity index is 1.59. The Kier molecular flexibility index (Phi) is 10.4. The first kappa shape index (κ1) is 29.9. The minimum atomic E-state index is -0.627. The SMILES string of the molecule is CCCNc1nc(Nc2ccc(C(N)=O)cc2)ncc1-c1ccc(CCNC(=O)CNC(=O)OC(C)(C)C)cc1. The summed E-state index contributed by atoms with van der Waals surface area (Å²) in [7, 11) is 0. The van der Waals surface area contributed by atoms with E-state index in [0.717, 1.165) is 35.3 Å². The third-order valence-electron chi connectivity index (χ3n) is 5.55. The summed E-state index contributed by atoms with van der Waals surface area (Å²) in [5.41, 5.74) is 8.70. The first-order chi connectivity index (χ1) is 19.0. The van der Waals surface area contributed by atoms with Gasteiger partial charge in [0.05, 0.1) is 6.54 Å². The molecule has 212 valence electrons. The third-order valence-corrected chi connectivity index (χ3v) is 5.55. The quantitative estimate of drug-likeness (QED) is 0.227. The number of rotatable bonds is 12. The highest BCUT2D eigenvalue weighted by molar-refractivity contribution is 5.93. The van der Waals surface area contributed by atoms with E-state index in [1.807, 2.05) is 24.3 Å². The number of nitrogens with zero attached hydrogens (tertiary/aromatic N) is 2. The number of ether oxygens (including phenoxy) is 1. The Bertz CT molecular complexity index is 1300. The summed E-state index contributed by atoms with van der Waals surface area (Å²) in [4.78, 5) is 44.2. The van der Waals surface area contributed by atoms with Crippen molar-refractivity contribution in [3.8, 4) is 11.1 Å². The lowest BCUT2D eigenvalue weighted by molar-refractivity contribution is -0.120. The number of alkyl carbamates (subject to hydrolysis) is 1. The number of hydrogen-bond donors (Lipinski definition) is 5. The van der Waals surface area contributed by atoms with Crippen molar-refractivity contribution in [3.63, 3.8) is 0 Å². The fraction of sp³-hybridized carbons (Fsp3) is 0.345. The van der Waals surface area contributed by atoms with Crippen LogP contribution < -0.4 is 27.0 Å². The molecule has 0 aliphatic carbocycles. The number of aromatic nitrogens is 2. The van der Waals surface area contributed by atoms with Crippen molar-refractivity contribution in [1.82, 2.24) is 20.6 Å². The van der Waals surface area contributed by atoms with Gasteiger partial charge in [0.25, 0.3) is 0 Å². The van der Waals surface area contributed by atoms with Gasteiger partial charge in [0, 0.05) is 36.1 Å². The fourth-order valence-corrected chi connectivity index (χ4v) is 3.60. The zero-order valence-electron chi connectivity index (χ0n) is 23.3. The molecule has 0 fully saturated rings. The van der Waals surface area contributed by atoms with Crippen molar-refractivity contribution in [2.24, 2.45) is 5.73 Å². The minimum absolute atomic E-state index is 0.148. The molecule has 3 rings (SSSR count). The van der Waals surface area contributed by atoms with Crippen molar-refractivity contribution in [3.05, 3.63) is 65.9 Å². The number of amides is 3. The first-order valence-corrected chi connectivity index (χ1v) is 13.1. The fourth-order valence-electron chi connectivity index (χ4n) is 3.60. The summed E-state index contributed by atoms with van der Waals surface area (Å²) in [5, 5.41) is 11.8. The van der Waals surface area contributed by atoms with E-state index in [1.54, 1.807) is 51.2 Å². The van der Waals surface area contributed by atoms with Crippen LogP contribution in [0.5, 0.6) is 0 Å². The van der Waals surface area contributed by atoms with Gasteiger partial charge < -0.3 is 31.7 Å². The molecule has 11 heteroatoms. The first-order valence-electron chi connectivity index (χ1n) is 13.1. The Morgan fingerprint density at radius 1 is 0.950 bits per heavy atom. The standard InChI is InChI=1S/C29H37N7O4/c1-5-15-32-26-23(17-33-27(36-26)35-22-12-10-21(11-13-22)25(30)38)20-8-6-19(7-9-20)14-16-31-24(37)18-34-28(39)40-29(2,3)4/h6-13,17H,5,14-16,18H2,1-4H3,(H2,30,38)(H,31,37)(H,34,39)(H2,32,33,35,36). The Labute approximate surface area is 234 Å². The van der Waals surface area contributed by atoms with Crippen molar-refractivity contribution < 1.29 is 19.1 Å². The molecular formula is C29H37N7O4. The van der Waals surface area contributed by atoms with Gasteiger partial charge in [-0.3, -0.25) is 9.59 Å². The average Bonchev–Trinajstić information content (AvgIpc) is 2.91. The lowest BCUT2D eigenvalue weighted by Crippen LogP contribution is -2.40. The van der Waals surface area contributed by atoms with Gasteiger partial charge in [0.15, 0.2) is 0 Å². The van der Waals surface area contributed by atoms with Crippen molar-refractivity contribution >= 4 is 35.4 Å². The zero-order valence-corrected chi connectivity index (χ0v) is 23.3. The number of hydrogen-bond acceptors (Lipinski definition) is 8. The minimum Gasteiger partial charge on any atom is -0.444 e. The Morgan fingerprint density at radius 3 is 2.27 bits per heavy atom. The number of benzene rings is 2. The van der Waals surface area contributed by atoms with Crippen LogP contribution in [0.25, 0.3) is 11.1 Å². The van der Waals surface area contributed by atoms with Crippen LogP contribution in [-0.2, 0) is 16.0 Å². The molecule has 0 saturated heterocycles. The second-order valence-electron chi connectivity index (χ2n) is 10.1. The molecule has 0 spiro atoms. The second-order valence-corrected chi connectivity index (χ2v) is 10.1.